The van der Waals surface area contributed by atoms with Crippen LogP contribution in [0.3, 0.4) is 0 Å². The summed E-state index contributed by atoms with van der Waals surface area (Å²) in [6.07, 6.45) is 1.08. The number of ether oxygens (including phenoxy) is 1. The van der Waals surface area contributed by atoms with Gasteiger partial charge in [-0.3, -0.25) is 9.59 Å². The molecule has 2 aromatic rings. The van der Waals surface area contributed by atoms with E-state index >= 15 is 0 Å². The Labute approximate surface area is 204 Å². The maximum absolute atomic E-state index is 12.9. The van der Waals surface area contributed by atoms with Crippen LogP contribution in [0.25, 0.3) is 0 Å². The van der Waals surface area contributed by atoms with Gasteiger partial charge >= 0.3 is 0 Å². The van der Waals surface area contributed by atoms with Gasteiger partial charge in [-0.15, -0.1) is 0 Å². The number of carbonyl (C=O) groups is 2. The van der Waals surface area contributed by atoms with E-state index in [9.17, 15) is 9.59 Å². The summed E-state index contributed by atoms with van der Waals surface area (Å²) < 4.78 is 6.14. The Morgan fingerprint density at radius 1 is 1.00 bits per heavy atom. The number of hydrogen-bond donors (Lipinski definition) is 1. The molecule has 0 atom stereocenters. The smallest absolute Gasteiger partial charge is 0.248 e. The van der Waals surface area contributed by atoms with Crippen molar-refractivity contribution >= 4 is 11.8 Å². The number of amides is 2. The Morgan fingerprint density at radius 2 is 1.53 bits per heavy atom. The third-order valence-electron chi connectivity index (χ3n) is 6.28. The van der Waals surface area contributed by atoms with Gasteiger partial charge in [0.25, 0.3) is 0 Å². The molecule has 6 nitrogen and oxygen atoms in total. The second-order valence-corrected chi connectivity index (χ2v) is 10.3. The third kappa shape index (κ3) is 7.67. The van der Waals surface area contributed by atoms with E-state index < -0.39 is 0 Å². The average Bonchev–Trinajstić information content (AvgIpc) is 2.83. The van der Waals surface area contributed by atoms with Gasteiger partial charge in [0, 0.05) is 32.1 Å². The molecule has 1 N–H and O–H groups in total. The minimum atomic E-state index is -0.291. The summed E-state index contributed by atoms with van der Waals surface area (Å²) in [5.74, 6) is 0.0350. The van der Waals surface area contributed by atoms with Crippen molar-refractivity contribution in [3.63, 3.8) is 0 Å². The van der Waals surface area contributed by atoms with Crippen LogP contribution in [0.15, 0.2) is 60.7 Å². The summed E-state index contributed by atoms with van der Waals surface area (Å²) in [7, 11) is 4.09. The van der Waals surface area contributed by atoms with Crippen LogP contribution in [0.4, 0.5) is 0 Å². The molecule has 1 aliphatic rings. The summed E-state index contributed by atoms with van der Waals surface area (Å²) in [5, 5.41) is 3.12. The van der Waals surface area contributed by atoms with Crippen LogP contribution < -0.4 is 5.32 Å². The van der Waals surface area contributed by atoms with E-state index in [2.05, 4.69) is 24.1 Å². The van der Waals surface area contributed by atoms with Crippen LogP contribution in [0.2, 0.25) is 0 Å². The van der Waals surface area contributed by atoms with Crippen molar-refractivity contribution in [3.05, 3.63) is 71.8 Å². The summed E-state index contributed by atoms with van der Waals surface area (Å²) in [6, 6.07) is 19.9. The molecule has 2 amide bonds. The van der Waals surface area contributed by atoms with Crippen molar-refractivity contribution in [2.24, 2.45) is 11.3 Å². The van der Waals surface area contributed by atoms with Crippen LogP contribution in [0, 0.1) is 11.3 Å². The summed E-state index contributed by atoms with van der Waals surface area (Å²) >= 11 is 0. The van der Waals surface area contributed by atoms with Gasteiger partial charge in [-0.1, -0.05) is 74.5 Å². The molecular formula is C28H39N3O3. The van der Waals surface area contributed by atoms with Gasteiger partial charge in [0.2, 0.25) is 11.8 Å². The van der Waals surface area contributed by atoms with Crippen molar-refractivity contribution in [2.75, 3.05) is 46.9 Å². The lowest BCUT2D eigenvalue weighted by molar-refractivity contribution is -0.140. The fraction of sp³-hybridized carbons (Fsp3) is 0.500. The van der Waals surface area contributed by atoms with E-state index in [1.54, 1.807) is 0 Å². The van der Waals surface area contributed by atoms with E-state index in [0.29, 0.717) is 32.5 Å². The van der Waals surface area contributed by atoms with Crippen LogP contribution in [-0.2, 0) is 14.3 Å². The maximum Gasteiger partial charge on any atom is 0.248 e. The van der Waals surface area contributed by atoms with Crippen LogP contribution in [-0.4, -0.2) is 68.5 Å². The predicted molar refractivity (Wildman–Crippen MR) is 135 cm³/mol. The van der Waals surface area contributed by atoms with Gasteiger partial charge in [0.1, 0.15) is 12.7 Å². The van der Waals surface area contributed by atoms with Gasteiger partial charge in [-0.05, 0) is 43.5 Å². The SMILES string of the molecule is CN(C)CC(C)(C)CNC(=O)C1CCN(C(=O)COC(c2ccccc2)c2ccccc2)CC1. The first kappa shape index (κ1) is 25.9. The zero-order valence-electron chi connectivity index (χ0n) is 21.0. The lowest BCUT2D eigenvalue weighted by Crippen LogP contribution is -2.46. The molecular weight excluding hydrogens is 426 g/mol. The van der Waals surface area contributed by atoms with Crippen molar-refractivity contribution in [1.82, 2.24) is 15.1 Å². The van der Waals surface area contributed by atoms with E-state index in [0.717, 1.165) is 17.7 Å². The summed E-state index contributed by atoms with van der Waals surface area (Å²) in [5.41, 5.74) is 2.06. The highest BCUT2D eigenvalue weighted by atomic mass is 16.5. The van der Waals surface area contributed by atoms with Gasteiger partial charge in [-0.25, -0.2) is 0 Å². The quantitative estimate of drug-likeness (QED) is 0.581. The standard InChI is InChI=1S/C28H39N3O3/c1-28(2,21-30(3)4)20-29-27(33)24-15-17-31(18-16-24)25(32)19-34-26(22-11-7-5-8-12-22)23-13-9-6-10-14-23/h5-14,24,26H,15-21H2,1-4H3,(H,29,33). The number of hydrogen-bond acceptors (Lipinski definition) is 4. The highest BCUT2D eigenvalue weighted by Crippen LogP contribution is 2.26. The molecule has 6 heteroatoms. The molecule has 1 aliphatic heterocycles. The van der Waals surface area contributed by atoms with Crippen molar-refractivity contribution in [3.8, 4) is 0 Å². The molecule has 3 rings (SSSR count). The Morgan fingerprint density at radius 3 is 2.03 bits per heavy atom. The molecule has 34 heavy (non-hydrogen) atoms. The topological polar surface area (TPSA) is 61.9 Å². The molecule has 0 aromatic heterocycles. The number of benzene rings is 2. The van der Waals surface area contributed by atoms with Gasteiger partial charge in [0.15, 0.2) is 0 Å². The first-order chi connectivity index (χ1) is 16.2. The number of carbonyl (C=O) groups excluding carboxylic acids is 2. The molecule has 0 radical (unpaired) electrons. The minimum Gasteiger partial charge on any atom is -0.359 e. The van der Waals surface area contributed by atoms with E-state index in [-0.39, 0.29) is 35.9 Å². The third-order valence-corrected chi connectivity index (χ3v) is 6.28. The fourth-order valence-corrected chi connectivity index (χ4v) is 4.66. The number of piperidine rings is 1. The van der Waals surface area contributed by atoms with E-state index in [1.807, 2.05) is 79.7 Å². The van der Waals surface area contributed by atoms with Crippen molar-refractivity contribution < 1.29 is 14.3 Å². The molecule has 0 spiro atoms. The molecule has 0 saturated carbocycles. The van der Waals surface area contributed by atoms with E-state index in [4.69, 9.17) is 4.74 Å². The predicted octanol–water partition coefficient (Wildman–Crippen LogP) is 3.74. The molecule has 1 heterocycles. The zero-order chi connectivity index (χ0) is 24.6. The summed E-state index contributed by atoms with van der Waals surface area (Å²) in [4.78, 5) is 29.5. The maximum atomic E-state index is 12.9. The van der Waals surface area contributed by atoms with Crippen LogP contribution in [0.5, 0.6) is 0 Å². The Balaban J connectivity index is 1.49. The molecule has 0 unspecified atom stereocenters. The molecule has 184 valence electrons. The lowest BCUT2D eigenvalue weighted by atomic mass is 9.91. The largest absolute Gasteiger partial charge is 0.359 e. The number of rotatable bonds is 10. The van der Waals surface area contributed by atoms with Crippen LogP contribution >= 0.6 is 0 Å². The first-order valence-corrected chi connectivity index (χ1v) is 12.2. The number of nitrogens with zero attached hydrogens (tertiary/aromatic N) is 2. The zero-order valence-corrected chi connectivity index (χ0v) is 21.0. The van der Waals surface area contributed by atoms with E-state index in [1.165, 1.54) is 0 Å². The van der Waals surface area contributed by atoms with Gasteiger partial charge in [0.05, 0.1) is 0 Å². The normalized spacial score (nSPS) is 15.1. The second-order valence-electron chi connectivity index (χ2n) is 10.3. The van der Waals surface area contributed by atoms with Gasteiger partial charge < -0.3 is 19.9 Å². The lowest BCUT2D eigenvalue weighted by Gasteiger charge is -2.33. The number of nitrogens with one attached hydrogen (secondary N) is 1. The first-order valence-electron chi connectivity index (χ1n) is 12.2. The monoisotopic (exact) mass is 465 g/mol. The minimum absolute atomic E-state index is 0.0151. The highest BCUT2D eigenvalue weighted by Gasteiger charge is 2.29. The molecule has 1 saturated heterocycles. The molecule has 1 fully saturated rings. The van der Waals surface area contributed by atoms with Gasteiger partial charge in [-0.2, -0.15) is 0 Å². The Kier molecular flexibility index (Phi) is 9.25. The average molecular weight is 466 g/mol. The second kappa shape index (κ2) is 12.1. The Bertz CT molecular complexity index is 868. The van der Waals surface area contributed by atoms with Crippen LogP contribution in [0.1, 0.15) is 43.9 Å². The number of likely N-dealkylation sites (tertiary alicyclic amines) is 1. The fourth-order valence-electron chi connectivity index (χ4n) is 4.66. The molecule has 0 aliphatic carbocycles. The van der Waals surface area contributed by atoms with Crippen molar-refractivity contribution in [1.29, 1.82) is 0 Å². The molecule has 2 aromatic carbocycles. The molecule has 0 bridgehead atoms. The van der Waals surface area contributed by atoms with Crippen molar-refractivity contribution in [2.45, 2.75) is 32.8 Å². The Hall–Kier alpha value is -2.70. The highest BCUT2D eigenvalue weighted by molar-refractivity contribution is 5.80. The summed E-state index contributed by atoms with van der Waals surface area (Å²) in [6.45, 7) is 7.07.